The highest BCUT2D eigenvalue weighted by Gasteiger charge is 2.14. The minimum atomic E-state index is 0.0820. The van der Waals surface area contributed by atoms with Crippen LogP contribution in [0, 0.1) is 0 Å². The predicted molar refractivity (Wildman–Crippen MR) is 134 cm³/mol. The Bertz CT molecular complexity index is 1200. The Balaban J connectivity index is 1.52. The van der Waals surface area contributed by atoms with Crippen LogP contribution in [0.25, 0.3) is 11.4 Å². The molecule has 35 heavy (non-hydrogen) atoms. The number of tetrazole rings is 1. The zero-order valence-corrected chi connectivity index (χ0v) is 20.6. The Labute approximate surface area is 205 Å². The molecule has 0 fully saturated rings. The van der Waals surface area contributed by atoms with Crippen LogP contribution in [0.1, 0.15) is 36.2 Å². The molecule has 4 rings (SSSR count). The summed E-state index contributed by atoms with van der Waals surface area (Å²) in [7, 11) is 3.34. The Morgan fingerprint density at radius 2 is 1.54 bits per heavy atom. The SMILES string of the molecule is COc1cc(CCc2c(OC(C)C)ccnc2CCc2ccc(-c3nn[nH]n3)cc2)cc(OC)c1. The summed E-state index contributed by atoms with van der Waals surface area (Å²) in [6.45, 7) is 4.09. The number of aromatic nitrogens is 5. The van der Waals surface area contributed by atoms with Crippen LogP contribution in [0.2, 0.25) is 0 Å². The number of aryl methyl sites for hydroxylation is 3. The summed E-state index contributed by atoms with van der Waals surface area (Å²) >= 11 is 0. The lowest BCUT2D eigenvalue weighted by molar-refractivity contribution is 0.239. The Hall–Kier alpha value is -3.94. The molecular weight excluding hydrogens is 442 g/mol. The average Bonchev–Trinajstić information content (AvgIpc) is 3.41. The molecule has 2 heterocycles. The third kappa shape index (κ3) is 6.35. The Morgan fingerprint density at radius 3 is 2.17 bits per heavy atom. The van der Waals surface area contributed by atoms with Gasteiger partial charge >= 0.3 is 0 Å². The van der Waals surface area contributed by atoms with E-state index >= 15 is 0 Å². The highest BCUT2D eigenvalue weighted by Crippen LogP contribution is 2.28. The number of hydrogen-bond acceptors (Lipinski definition) is 7. The van der Waals surface area contributed by atoms with Crippen molar-refractivity contribution in [3.63, 3.8) is 0 Å². The van der Waals surface area contributed by atoms with E-state index in [-0.39, 0.29) is 6.10 Å². The zero-order valence-electron chi connectivity index (χ0n) is 20.6. The molecule has 0 unspecified atom stereocenters. The van der Waals surface area contributed by atoms with Crippen molar-refractivity contribution >= 4 is 0 Å². The van der Waals surface area contributed by atoms with E-state index in [9.17, 15) is 0 Å². The van der Waals surface area contributed by atoms with Gasteiger partial charge in [0.25, 0.3) is 0 Å². The third-order valence-corrected chi connectivity index (χ3v) is 5.75. The standard InChI is InChI=1S/C27H31N5O3/c1-18(2)35-26-13-14-28-25(12-8-19-5-9-21(10-6-19)27-29-31-32-30-27)24(26)11-7-20-15-22(33-3)17-23(16-20)34-4/h5-6,9-10,13-18H,7-8,11-12H2,1-4H3,(H,29,30,31,32). The van der Waals surface area contributed by atoms with Gasteiger partial charge in [0, 0.05) is 29.1 Å². The number of nitrogens with zero attached hydrogens (tertiary/aromatic N) is 4. The van der Waals surface area contributed by atoms with Crippen LogP contribution in [-0.4, -0.2) is 45.9 Å². The van der Waals surface area contributed by atoms with Crippen LogP contribution in [0.5, 0.6) is 17.2 Å². The van der Waals surface area contributed by atoms with E-state index in [1.165, 1.54) is 5.56 Å². The summed E-state index contributed by atoms with van der Waals surface area (Å²) in [4.78, 5) is 4.74. The minimum Gasteiger partial charge on any atom is -0.497 e. The van der Waals surface area contributed by atoms with Crippen molar-refractivity contribution in [2.45, 2.75) is 45.6 Å². The van der Waals surface area contributed by atoms with E-state index in [0.29, 0.717) is 5.82 Å². The van der Waals surface area contributed by atoms with E-state index in [1.807, 2.05) is 56.4 Å². The molecule has 0 spiro atoms. The first-order valence-corrected chi connectivity index (χ1v) is 11.7. The van der Waals surface area contributed by atoms with Crippen LogP contribution in [0.4, 0.5) is 0 Å². The van der Waals surface area contributed by atoms with Crippen molar-refractivity contribution in [3.05, 3.63) is 77.1 Å². The van der Waals surface area contributed by atoms with E-state index in [2.05, 4.69) is 32.8 Å². The monoisotopic (exact) mass is 473 g/mol. The topological polar surface area (TPSA) is 95.0 Å². The molecule has 2 aromatic heterocycles. The molecule has 0 radical (unpaired) electrons. The lowest BCUT2D eigenvalue weighted by atomic mass is 9.98. The first-order chi connectivity index (χ1) is 17.1. The maximum atomic E-state index is 6.16. The van der Waals surface area contributed by atoms with Crippen molar-refractivity contribution in [1.82, 2.24) is 25.6 Å². The number of aromatic amines is 1. The molecule has 4 aromatic rings. The zero-order chi connectivity index (χ0) is 24.6. The number of ether oxygens (including phenoxy) is 3. The number of benzene rings is 2. The molecule has 0 atom stereocenters. The summed E-state index contributed by atoms with van der Waals surface area (Å²) in [6, 6.07) is 16.2. The maximum absolute atomic E-state index is 6.16. The lowest BCUT2D eigenvalue weighted by Gasteiger charge is -2.17. The first-order valence-electron chi connectivity index (χ1n) is 11.7. The fourth-order valence-corrected chi connectivity index (χ4v) is 4.01. The number of hydrogen-bond donors (Lipinski definition) is 1. The molecule has 0 aliphatic rings. The molecule has 0 saturated carbocycles. The smallest absolute Gasteiger partial charge is 0.204 e. The maximum Gasteiger partial charge on any atom is 0.204 e. The van der Waals surface area contributed by atoms with Crippen LogP contribution in [0.3, 0.4) is 0 Å². The van der Waals surface area contributed by atoms with E-state index < -0.39 is 0 Å². The van der Waals surface area contributed by atoms with E-state index in [4.69, 9.17) is 19.2 Å². The largest absolute Gasteiger partial charge is 0.497 e. The van der Waals surface area contributed by atoms with Gasteiger partial charge in [-0.1, -0.05) is 24.3 Å². The molecular formula is C27H31N5O3. The summed E-state index contributed by atoms with van der Waals surface area (Å²) in [5, 5.41) is 14.2. The number of nitrogens with one attached hydrogen (secondary N) is 1. The van der Waals surface area contributed by atoms with Crippen LogP contribution in [-0.2, 0) is 25.7 Å². The molecule has 0 saturated heterocycles. The normalized spacial score (nSPS) is 11.0. The third-order valence-electron chi connectivity index (χ3n) is 5.75. The van der Waals surface area contributed by atoms with Crippen LogP contribution in [0.15, 0.2) is 54.7 Å². The second-order valence-electron chi connectivity index (χ2n) is 8.55. The number of H-pyrrole nitrogens is 1. The predicted octanol–water partition coefficient (Wildman–Crippen LogP) is 4.64. The van der Waals surface area contributed by atoms with Gasteiger partial charge in [0.05, 0.1) is 20.3 Å². The number of pyridine rings is 1. The molecule has 0 aliphatic carbocycles. The van der Waals surface area contributed by atoms with E-state index in [0.717, 1.165) is 65.3 Å². The molecule has 0 aliphatic heterocycles. The first kappa shape index (κ1) is 24.2. The Morgan fingerprint density at radius 1 is 0.829 bits per heavy atom. The van der Waals surface area contributed by atoms with Gasteiger partial charge < -0.3 is 14.2 Å². The highest BCUT2D eigenvalue weighted by atomic mass is 16.5. The summed E-state index contributed by atoms with van der Waals surface area (Å²) in [5.74, 6) is 3.06. The van der Waals surface area contributed by atoms with Gasteiger partial charge in [0.15, 0.2) is 0 Å². The molecule has 1 N–H and O–H groups in total. The Kier molecular flexibility index (Phi) is 7.92. The van der Waals surface area contributed by atoms with Crippen LogP contribution < -0.4 is 14.2 Å². The summed E-state index contributed by atoms with van der Waals surface area (Å²) in [6.07, 6.45) is 5.22. The van der Waals surface area contributed by atoms with Crippen molar-refractivity contribution in [1.29, 1.82) is 0 Å². The molecule has 0 amide bonds. The van der Waals surface area contributed by atoms with Gasteiger partial charge in [-0.25, -0.2) is 0 Å². The van der Waals surface area contributed by atoms with E-state index in [1.54, 1.807) is 14.2 Å². The fraction of sp³-hybridized carbons (Fsp3) is 0.333. The second kappa shape index (κ2) is 11.5. The van der Waals surface area contributed by atoms with Gasteiger partial charge in [0.2, 0.25) is 5.82 Å². The number of rotatable bonds is 11. The van der Waals surface area contributed by atoms with Crippen molar-refractivity contribution in [2.24, 2.45) is 0 Å². The van der Waals surface area contributed by atoms with Gasteiger partial charge in [-0.05, 0) is 74.1 Å². The van der Waals surface area contributed by atoms with Crippen LogP contribution >= 0.6 is 0 Å². The highest BCUT2D eigenvalue weighted by molar-refractivity contribution is 5.54. The molecule has 8 heteroatoms. The molecule has 2 aromatic carbocycles. The average molecular weight is 474 g/mol. The minimum absolute atomic E-state index is 0.0820. The second-order valence-corrected chi connectivity index (χ2v) is 8.55. The number of methoxy groups -OCH3 is 2. The molecule has 0 bridgehead atoms. The van der Waals surface area contributed by atoms with Crippen molar-refractivity contribution in [3.8, 4) is 28.6 Å². The van der Waals surface area contributed by atoms with Crippen molar-refractivity contribution in [2.75, 3.05) is 14.2 Å². The van der Waals surface area contributed by atoms with Gasteiger partial charge in [-0.15, -0.1) is 10.2 Å². The lowest BCUT2D eigenvalue weighted by Crippen LogP contribution is -2.11. The van der Waals surface area contributed by atoms with Gasteiger partial charge in [0.1, 0.15) is 17.2 Å². The summed E-state index contributed by atoms with van der Waals surface area (Å²) in [5.41, 5.74) is 5.50. The van der Waals surface area contributed by atoms with Crippen molar-refractivity contribution < 1.29 is 14.2 Å². The van der Waals surface area contributed by atoms with Gasteiger partial charge in [-0.2, -0.15) is 5.21 Å². The molecule has 182 valence electrons. The fourth-order valence-electron chi connectivity index (χ4n) is 4.01. The summed E-state index contributed by atoms with van der Waals surface area (Å²) < 4.78 is 17.0. The van der Waals surface area contributed by atoms with Gasteiger partial charge in [-0.3, -0.25) is 4.98 Å². The quantitative estimate of drug-likeness (QED) is 0.339. The molecule has 8 nitrogen and oxygen atoms in total.